The molecule has 0 aromatic heterocycles. The Kier molecular flexibility index (Phi) is 20.4. The molecule has 0 aliphatic rings. The molecule has 18 heavy (non-hydrogen) atoms. The Morgan fingerprint density at radius 3 is 1.94 bits per heavy atom. The summed E-state index contributed by atoms with van der Waals surface area (Å²) in [6.45, 7) is 6.99. The van der Waals surface area contributed by atoms with Gasteiger partial charge in [0.05, 0.1) is 6.07 Å². The number of allylic oxidation sites excluding steroid dienone is 4. The third kappa shape index (κ3) is 48.6. The van der Waals surface area contributed by atoms with Crippen LogP contribution in [0.1, 0.15) is 40.5 Å². The number of rotatable bonds is 3. The Bertz CT molecular complexity index is 316. The number of carboxylic acids is 1. The molecule has 0 aliphatic carbocycles. The van der Waals surface area contributed by atoms with Gasteiger partial charge in [0.15, 0.2) is 0 Å². The van der Waals surface area contributed by atoms with E-state index in [0.29, 0.717) is 0 Å². The summed E-state index contributed by atoms with van der Waals surface area (Å²) in [5.41, 5.74) is 2.50. The summed E-state index contributed by atoms with van der Waals surface area (Å²) in [4.78, 5) is 17.4. The summed E-state index contributed by atoms with van der Waals surface area (Å²) in [6, 6.07) is 2.02. The van der Waals surface area contributed by atoms with Gasteiger partial charge in [-0.2, -0.15) is 5.26 Å². The van der Waals surface area contributed by atoms with E-state index < -0.39 is 5.97 Å². The first-order valence-electron chi connectivity index (χ1n) is 5.27. The lowest BCUT2D eigenvalue weighted by molar-refractivity contribution is -0.134. The second kappa shape index (κ2) is 17.3. The molecule has 2 N–H and O–H groups in total. The van der Waals surface area contributed by atoms with Gasteiger partial charge >= 0.3 is 0 Å². The Morgan fingerprint density at radius 2 is 1.67 bits per heavy atom. The van der Waals surface area contributed by atoms with Gasteiger partial charge in [-0.25, -0.2) is 0 Å². The Hall–Kier alpha value is -2.09. The van der Waals surface area contributed by atoms with Crippen LogP contribution in [0.3, 0.4) is 0 Å². The van der Waals surface area contributed by atoms with Gasteiger partial charge in [-0.15, -0.1) is 0 Å². The lowest BCUT2D eigenvalue weighted by Crippen LogP contribution is -1.78. The van der Waals surface area contributed by atoms with Gasteiger partial charge in [0.2, 0.25) is 0 Å². The summed E-state index contributed by atoms with van der Waals surface area (Å²) in [5.74, 6) is -0.833. The van der Waals surface area contributed by atoms with Crippen molar-refractivity contribution in [2.45, 2.75) is 40.5 Å². The van der Waals surface area contributed by atoms with E-state index >= 15 is 0 Å². The van der Waals surface area contributed by atoms with Crippen LogP contribution < -0.4 is 0 Å². The minimum absolute atomic E-state index is 0.250. The third-order valence-electron chi connectivity index (χ3n) is 1.40. The van der Waals surface area contributed by atoms with Crippen molar-refractivity contribution in [3.05, 3.63) is 23.3 Å². The van der Waals surface area contributed by atoms with Crippen molar-refractivity contribution in [3.63, 3.8) is 0 Å². The maximum absolute atomic E-state index is 9.00. The van der Waals surface area contributed by atoms with Gasteiger partial charge in [0.25, 0.3) is 12.4 Å². The predicted molar refractivity (Wildman–Crippen MR) is 70.0 cm³/mol. The average Bonchev–Trinajstić information content (AvgIpc) is 2.17. The molecule has 0 aromatic rings. The van der Waals surface area contributed by atoms with Crippen LogP contribution in [0.15, 0.2) is 23.3 Å². The maximum Gasteiger partial charge on any atom is 0.300 e. The summed E-state index contributed by atoms with van der Waals surface area (Å²) < 4.78 is 0. The molecule has 0 amide bonds. The van der Waals surface area contributed by atoms with E-state index in [2.05, 4.69) is 19.9 Å². The molecule has 0 saturated carbocycles. The highest BCUT2D eigenvalue weighted by molar-refractivity contribution is 5.62. The molecule has 0 spiro atoms. The molecule has 0 atom stereocenters. The van der Waals surface area contributed by atoms with Gasteiger partial charge in [-0.05, 0) is 33.6 Å². The molecule has 0 radical (unpaired) electrons. The normalized spacial score (nSPS) is 8.50. The zero-order valence-electron chi connectivity index (χ0n) is 11.3. The molecule has 0 saturated heterocycles. The standard InChI is InChI=1S/C10H15N.C2H4O2.CH2O2/c1-9(2)5-4-6-10(3)7-8-11;1-2(3)4;2-1-3/h5,7H,4,6H2,1-3H3;1H3,(H,3,4);1H,(H,2,3)/b10-7-;;. The summed E-state index contributed by atoms with van der Waals surface area (Å²) >= 11 is 0. The van der Waals surface area contributed by atoms with E-state index in [-0.39, 0.29) is 6.47 Å². The van der Waals surface area contributed by atoms with Crippen molar-refractivity contribution < 1.29 is 19.8 Å². The van der Waals surface area contributed by atoms with Crippen LogP contribution in [0.25, 0.3) is 0 Å². The topological polar surface area (TPSA) is 98.4 Å². The summed E-state index contributed by atoms with van der Waals surface area (Å²) in [5, 5.41) is 22.6. The smallest absolute Gasteiger partial charge is 0.300 e. The van der Waals surface area contributed by atoms with Gasteiger partial charge < -0.3 is 10.2 Å². The van der Waals surface area contributed by atoms with E-state index in [1.165, 1.54) is 5.57 Å². The van der Waals surface area contributed by atoms with Gasteiger partial charge in [0, 0.05) is 13.0 Å². The van der Waals surface area contributed by atoms with E-state index in [4.69, 9.17) is 25.1 Å². The molecule has 102 valence electrons. The quantitative estimate of drug-likeness (QED) is 0.459. The zero-order valence-corrected chi connectivity index (χ0v) is 11.3. The van der Waals surface area contributed by atoms with Gasteiger partial charge in [0.1, 0.15) is 0 Å². The molecule has 0 unspecified atom stereocenters. The second-order valence-corrected chi connectivity index (χ2v) is 3.56. The van der Waals surface area contributed by atoms with Crippen LogP contribution in [0.5, 0.6) is 0 Å². The molecule has 0 aromatic carbocycles. The van der Waals surface area contributed by atoms with Crippen molar-refractivity contribution in [2.24, 2.45) is 0 Å². The molecule has 0 fully saturated rings. The first kappa shape index (κ1) is 21.2. The van der Waals surface area contributed by atoms with Crippen molar-refractivity contribution in [1.29, 1.82) is 5.26 Å². The van der Waals surface area contributed by atoms with Crippen LogP contribution in [0.2, 0.25) is 0 Å². The van der Waals surface area contributed by atoms with Crippen molar-refractivity contribution in [3.8, 4) is 6.07 Å². The predicted octanol–water partition coefficient (Wildman–Crippen LogP) is 2.99. The van der Waals surface area contributed by atoms with Gasteiger partial charge in [-0.3, -0.25) is 9.59 Å². The maximum atomic E-state index is 9.00. The Labute approximate surface area is 108 Å². The molecule has 0 rings (SSSR count). The summed E-state index contributed by atoms with van der Waals surface area (Å²) in [6.07, 6.45) is 5.85. The number of aliphatic carboxylic acids is 1. The highest BCUT2D eigenvalue weighted by Crippen LogP contribution is 2.05. The van der Waals surface area contributed by atoms with Crippen molar-refractivity contribution >= 4 is 12.4 Å². The highest BCUT2D eigenvalue weighted by Gasteiger charge is 1.86. The van der Waals surface area contributed by atoms with Gasteiger partial charge in [-0.1, -0.05) is 17.2 Å². The first-order valence-corrected chi connectivity index (χ1v) is 5.27. The second-order valence-electron chi connectivity index (χ2n) is 3.56. The number of nitrogens with zero attached hydrogens (tertiary/aromatic N) is 1. The van der Waals surface area contributed by atoms with E-state index in [1.807, 2.05) is 13.0 Å². The monoisotopic (exact) mass is 255 g/mol. The largest absolute Gasteiger partial charge is 0.483 e. The van der Waals surface area contributed by atoms with Crippen LogP contribution in [-0.2, 0) is 9.59 Å². The molecule has 0 aliphatic heterocycles. The highest BCUT2D eigenvalue weighted by atomic mass is 16.4. The fourth-order valence-corrected chi connectivity index (χ4v) is 0.771. The molecular formula is C13H21NO4. The first-order chi connectivity index (χ1) is 8.31. The number of nitriles is 1. The van der Waals surface area contributed by atoms with Crippen LogP contribution in [0.4, 0.5) is 0 Å². The number of carbonyl (C=O) groups is 2. The Balaban J connectivity index is -0.000000266. The van der Waals surface area contributed by atoms with Crippen LogP contribution in [0, 0.1) is 11.3 Å². The lowest BCUT2D eigenvalue weighted by atomic mass is 10.1. The fourth-order valence-electron chi connectivity index (χ4n) is 0.771. The van der Waals surface area contributed by atoms with E-state index in [0.717, 1.165) is 25.3 Å². The fraction of sp³-hybridized carbons (Fsp3) is 0.462. The molecule has 5 nitrogen and oxygen atoms in total. The van der Waals surface area contributed by atoms with Crippen molar-refractivity contribution in [1.82, 2.24) is 0 Å². The third-order valence-corrected chi connectivity index (χ3v) is 1.40. The van der Waals surface area contributed by atoms with Crippen molar-refractivity contribution in [2.75, 3.05) is 0 Å². The molecule has 0 heterocycles. The number of hydrogen-bond acceptors (Lipinski definition) is 3. The minimum Gasteiger partial charge on any atom is -0.483 e. The lowest BCUT2D eigenvalue weighted by Gasteiger charge is -1.94. The zero-order chi connectivity index (χ0) is 15.0. The van der Waals surface area contributed by atoms with E-state index in [1.54, 1.807) is 6.08 Å². The molecular weight excluding hydrogens is 234 g/mol. The summed E-state index contributed by atoms with van der Waals surface area (Å²) in [7, 11) is 0. The Morgan fingerprint density at radius 1 is 1.28 bits per heavy atom. The minimum atomic E-state index is -0.833. The van der Waals surface area contributed by atoms with E-state index in [9.17, 15) is 0 Å². The van der Waals surface area contributed by atoms with Crippen LogP contribution in [-0.4, -0.2) is 22.7 Å². The SMILES string of the molecule is CC(=O)O.CC(C)=CCC/C(C)=C\C#N.O=CO. The average molecular weight is 255 g/mol. The molecule has 5 heteroatoms. The number of carboxylic acid groups (broad SMARTS) is 2. The molecule has 0 bridgehead atoms. The van der Waals surface area contributed by atoms with Crippen LogP contribution >= 0.6 is 0 Å². The number of hydrogen-bond donors (Lipinski definition) is 2.